The summed E-state index contributed by atoms with van der Waals surface area (Å²) in [5.74, 6) is 1.80. The molecule has 0 saturated carbocycles. The van der Waals surface area contributed by atoms with Crippen LogP contribution in [0.25, 0.3) is 0 Å². The number of hydrogen-bond acceptors (Lipinski definition) is 3. The number of rotatable bonds is 9. The topological polar surface area (TPSA) is 63.5 Å². The molecule has 0 saturated heterocycles. The maximum absolute atomic E-state index is 5.39. The fraction of sp³-hybridized carbons (Fsp3) is 0.474. The van der Waals surface area contributed by atoms with Gasteiger partial charge in [-0.25, -0.2) is 0 Å². The molecule has 0 spiro atoms. The van der Waals surface area contributed by atoms with Gasteiger partial charge in [0.1, 0.15) is 5.75 Å². The highest BCUT2D eigenvalue weighted by Gasteiger charge is 2.03. The van der Waals surface area contributed by atoms with Crippen LogP contribution in [0.3, 0.4) is 0 Å². The minimum Gasteiger partial charge on any atom is -0.496 e. The first kappa shape index (κ1) is 22.3. The van der Waals surface area contributed by atoms with Crippen molar-refractivity contribution in [1.29, 1.82) is 0 Å². The van der Waals surface area contributed by atoms with Gasteiger partial charge in [-0.3, -0.25) is 9.67 Å². The molecular formula is C19H30IN5O. The van der Waals surface area contributed by atoms with Crippen LogP contribution in [-0.2, 0) is 19.9 Å². The van der Waals surface area contributed by atoms with E-state index >= 15 is 0 Å². The molecule has 0 aliphatic carbocycles. The molecule has 0 bridgehead atoms. The molecule has 0 amide bonds. The number of hydrogen-bond donors (Lipinski definition) is 2. The van der Waals surface area contributed by atoms with Gasteiger partial charge >= 0.3 is 0 Å². The minimum absolute atomic E-state index is 0. The summed E-state index contributed by atoms with van der Waals surface area (Å²) in [6.45, 7) is 4.53. The third-order valence-electron chi connectivity index (χ3n) is 3.88. The number of nitrogens with one attached hydrogen (secondary N) is 2. The summed E-state index contributed by atoms with van der Waals surface area (Å²) in [5, 5.41) is 10.9. The molecule has 0 aliphatic rings. The Morgan fingerprint density at radius 3 is 2.73 bits per heavy atom. The zero-order valence-electron chi connectivity index (χ0n) is 15.9. The molecule has 26 heavy (non-hydrogen) atoms. The average molecular weight is 471 g/mol. The fourth-order valence-electron chi connectivity index (χ4n) is 2.64. The maximum atomic E-state index is 5.39. The van der Waals surface area contributed by atoms with E-state index in [4.69, 9.17) is 4.74 Å². The number of halogens is 1. The molecule has 1 heterocycles. The normalized spacial score (nSPS) is 11.0. The van der Waals surface area contributed by atoms with Gasteiger partial charge < -0.3 is 15.4 Å². The van der Waals surface area contributed by atoms with Crippen molar-refractivity contribution in [3.05, 3.63) is 47.8 Å². The predicted octanol–water partition coefficient (Wildman–Crippen LogP) is 2.78. The molecule has 0 radical (unpaired) electrons. The van der Waals surface area contributed by atoms with Crippen LogP contribution in [0.2, 0.25) is 0 Å². The number of guanidine groups is 1. The Bertz CT molecular complexity index is 671. The van der Waals surface area contributed by atoms with Crippen LogP contribution in [0.15, 0.2) is 41.7 Å². The molecule has 0 fully saturated rings. The van der Waals surface area contributed by atoms with Crippen LogP contribution in [-0.4, -0.2) is 42.5 Å². The summed E-state index contributed by atoms with van der Waals surface area (Å²) in [6, 6.07) is 8.12. The number of aryl methyl sites for hydroxylation is 2. The first-order valence-corrected chi connectivity index (χ1v) is 8.84. The zero-order valence-corrected chi connectivity index (χ0v) is 18.2. The number of aliphatic imine (C=N–C) groups is 1. The second kappa shape index (κ2) is 12.6. The Morgan fingerprint density at radius 1 is 1.23 bits per heavy atom. The Kier molecular flexibility index (Phi) is 10.8. The molecule has 0 aliphatic heterocycles. The van der Waals surface area contributed by atoms with Crippen LogP contribution in [0.5, 0.6) is 5.75 Å². The van der Waals surface area contributed by atoms with E-state index in [0.717, 1.165) is 50.6 Å². The molecule has 2 N–H and O–H groups in total. The minimum atomic E-state index is 0. The lowest BCUT2D eigenvalue weighted by molar-refractivity contribution is 0.409. The van der Waals surface area contributed by atoms with Crippen molar-refractivity contribution >= 4 is 29.9 Å². The van der Waals surface area contributed by atoms with Gasteiger partial charge in [-0.05, 0) is 43.4 Å². The van der Waals surface area contributed by atoms with Gasteiger partial charge in [0.05, 0.1) is 13.3 Å². The number of para-hydroxylation sites is 1. The average Bonchev–Trinajstić information content (AvgIpc) is 3.04. The molecule has 0 atom stereocenters. The van der Waals surface area contributed by atoms with Crippen molar-refractivity contribution in [3.8, 4) is 5.75 Å². The van der Waals surface area contributed by atoms with E-state index in [1.807, 2.05) is 36.1 Å². The molecule has 144 valence electrons. The molecule has 0 unspecified atom stereocenters. The van der Waals surface area contributed by atoms with Crippen LogP contribution in [0.1, 0.15) is 24.5 Å². The zero-order chi connectivity index (χ0) is 17.9. The number of nitrogens with zero attached hydrogens (tertiary/aromatic N) is 3. The first-order valence-electron chi connectivity index (χ1n) is 8.84. The number of aromatic nitrogens is 2. The van der Waals surface area contributed by atoms with E-state index < -0.39 is 0 Å². The smallest absolute Gasteiger partial charge is 0.191 e. The van der Waals surface area contributed by atoms with E-state index in [0.29, 0.717) is 0 Å². The van der Waals surface area contributed by atoms with Gasteiger partial charge in [-0.15, -0.1) is 24.0 Å². The summed E-state index contributed by atoms with van der Waals surface area (Å²) >= 11 is 0. The number of methoxy groups -OCH3 is 1. The van der Waals surface area contributed by atoms with Crippen LogP contribution < -0.4 is 15.4 Å². The van der Waals surface area contributed by atoms with Crippen LogP contribution >= 0.6 is 24.0 Å². The summed E-state index contributed by atoms with van der Waals surface area (Å²) < 4.78 is 7.23. The van der Waals surface area contributed by atoms with Crippen LogP contribution in [0, 0.1) is 0 Å². The summed E-state index contributed by atoms with van der Waals surface area (Å²) in [5.41, 5.74) is 2.46. The second-order valence-corrected chi connectivity index (χ2v) is 5.88. The Labute approximate surface area is 173 Å². The summed E-state index contributed by atoms with van der Waals surface area (Å²) in [4.78, 5) is 4.65. The molecule has 2 rings (SSSR count). The highest BCUT2D eigenvalue weighted by Crippen LogP contribution is 2.17. The van der Waals surface area contributed by atoms with Gasteiger partial charge in [-0.1, -0.05) is 18.2 Å². The predicted molar refractivity (Wildman–Crippen MR) is 118 cm³/mol. The van der Waals surface area contributed by atoms with Crippen molar-refractivity contribution in [2.75, 3.05) is 26.7 Å². The first-order chi connectivity index (χ1) is 12.2. The van der Waals surface area contributed by atoms with Crippen molar-refractivity contribution < 1.29 is 4.74 Å². The number of benzene rings is 1. The highest BCUT2D eigenvalue weighted by atomic mass is 127. The summed E-state index contributed by atoms with van der Waals surface area (Å²) in [6.07, 6.45) is 6.87. The molecule has 7 heteroatoms. The largest absolute Gasteiger partial charge is 0.496 e. The maximum Gasteiger partial charge on any atom is 0.191 e. The van der Waals surface area contributed by atoms with Gasteiger partial charge in [0.15, 0.2) is 5.96 Å². The van der Waals surface area contributed by atoms with Crippen molar-refractivity contribution in [3.63, 3.8) is 0 Å². The SMILES string of the molecule is CCNC(=NCCCc1cnn(C)c1)NCCc1ccccc1OC.I. The monoisotopic (exact) mass is 471 g/mol. The lowest BCUT2D eigenvalue weighted by Gasteiger charge is -2.12. The van der Waals surface area contributed by atoms with E-state index in [-0.39, 0.29) is 24.0 Å². The van der Waals surface area contributed by atoms with Gasteiger partial charge in [-0.2, -0.15) is 5.10 Å². The lowest BCUT2D eigenvalue weighted by Crippen LogP contribution is -2.38. The van der Waals surface area contributed by atoms with Crippen molar-refractivity contribution in [2.24, 2.45) is 12.0 Å². The molecule has 6 nitrogen and oxygen atoms in total. The van der Waals surface area contributed by atoms with Gasteiger partial charge in [0.2, 0.25) is 0 Å². The third kappa shape index (κ3) is 7.63. The van der Waals surface area contributed by atoms with E-state index in [2.05, 4.69) is 39.9 Å². The van der Waals surface area contributed by atoms with E-state index in [1.165, 1.54) is 11.1 Å². The molecular weight excluding hydrogens is 441 g/mol. The fourth-order valence-corrected chi connectivity index (χ4v) is 2.64. The van der Waals surface area contributed by atoms with Crippen LogP contribution in [0.4, 0.5) is 0 Å². The van der Waals surface area contributed by atoms with E-state index in [1.54, 1.807) is 7.11 Å². The molecule has 1 aromatic carbocycles. The highest BCUT2D eigenvalue weighted by molar-refractivity contribution is 14.0. The third-order valence-corrected chi connectivity index (χ3v) is 3.88. The molecule has 1 aromatic heterocycles. The van der Waals surface area contributed by atoms with E-state index in [9.17, 15) is 0 Å². The second-order valence-electron chi connectivity index (χ2n) is 5.88. The lowest BCUT2D eigenvalue weighted by atomic mass is 10.1. The van der Waals surface area contributed by atoms with Crippen molar-refractivity contribution in [2.45, 2.75) is 26.2 Å². The summed E-state index contributed by atoms with van der Waals surface area (Å²) in [7, 11) is 3.65. The molecule has 2 aromatic rings. The Balaban J connectivity index is 0.00000338. The Morgan fingerprint density at radius 2 is 2.04 bits per heavy atom. The number of ether oxygens (including phenoxy) is 1. The quantitative estimate of drug-likeness (QED) is 0.256. The van der Waals surface area contributed by atoms with Gasteiger partial charge in [0, 0.05) is 32.9 Å². The van der Waals surface area contributed by atoms with Gasteiger partial charge in [0.25, 0.3) is 0 Å². The standard InChI is InChI=1S/C19H29N5O.HI/c1-4-20-19(21-12-7-8-16-14-23-24(2)15-16)22-13-11-17-9-5-6-10-18(17)25-3;/h5-6,9-10,14-15H,4,7-8,11-13H2,1-3H3,(H2,20,21,22);1H. The Hall–Kier alpha value is -1.77. The van der Waals surface area contributed by atoms with Crippen molar-refractivity contribution in [1.82, 2.24) is 20.4 Å².